The van der Waals surface area contributed by atoms with E-state index in [0.29, 0.717) is 27.6 Å². The van der Waals surface area contributed by atoms with Gasteiger partial charge in [0.2, 0.25) is 0 Å². The number of aromatic amines is 1. The summed E-state index contributed by atoms with van der Waals surface area (Å²) in [7, 11) is 0. The van der Waals surface area contributed by atoms with Gasteiger partial charge in [0.25, 0.3) is 5.56 Å². The van der Waals surface area contributed by atoms with Crippen LogP contribution in [-0.4, -0.2) is 11.2 Å². The van der Waals surface area contributed by atoms with Crippen LogP contribution in [0.2, 0.25) is 5.02 Å². The van der Waals surface area contributed by atoms with Crippen LogP contribution in [0.15, 0.2) is 56.6 Å². The summed E-state index contributed by atoms with van der Waals surface area (Å²) in [5.41, 5.74) is 2.25. The minimum absolute atomic E-state index is 0.0558. The van der Waals surface area contributed by atoms with E-state index >= 15 is 0 Å². The Bertz CT molecular complexity index is 1150. The third-order valence-electron chi connectivity index (χ3n) is 3.89. The Morgan fingerprint density at radius 1 is 1.21 bits per heavy atom. The number of thioether (sulfide) groups is 1. The van der Waals surface area contributed by atoms with Gasteiger partial charge in [0.05, 0.1) is 11.1 Å². The molecule has 24 heavy (non-hydrogen) atoms. The van der Waals surface area contributed by atoms with Crippen molar-refractivity contribution in [3.63, 3.8) is 0 Å². The number of furan rings is 1. The lowest BCUT2D eigenvalue weighted by Crippen LogP contribution is -2.07. The van der Waals surface area contributed by atoms with Crippen LogP contribution in [0.1, 0.15) is 0 Å². The predicted molar refractivity (Wildman–Crippen MR) is 96.5 cm³/mol. The van der Waals surface area contributed by atoms with Crippen molar-refractivity contribution in [2.24, 2.45) is 0 Å². The summed E-state index contributed by atoms with van der Waals surface area (Å²) in [4.78, 5) is 16.0. The average Bonchev–Trinajstić information content (AvgIpc) is 2.93. The van der Waals surface area contributed by atoms with E-state index in [1.165, 1.54) is 12.1 Å². The smallest absolute Gasteiger partial charge is 0.268 e. The van der Waals surface area contributed by atoms with Crippen molar-refractivity contribution < 1.29 is 8.81 Å². The highest BCUT2D eigenvalue weighted by Gasteiger charge is 2.19. The van der Waals surface area contributed by atoms with Gasteiger partial charge < -0.3 is 9.40 Å². The fraction of sp³-hybridized carbons (Fsp3) is 0.0556. The van der Waals surface area contributed by atoms with Crippen LogP contribution >= 0.6 is 23.4 Å². The molecule has 0 fully saturated rings. The Morgan fingerprint density at radius 2 is 2.04 bits per heavy atom. The van der Waals surface area contributed by atoms with Gasteiger partial charge in [-0.15, -0.1) is 11.8 Å². The second-order valence-corrected chi connectivity index (χ2v) is 6.58. The normalized spacial score (nSPS) is 11.5. The molecule has 2 aromatic carbocycles. The molecule has 4 aromatic rings. The van der Waals surface area contributed by atoms with E-state index in [4.69, 9.17) is 16.0 Å². The van der Waals surface area contributed by atoms with Gasteiger partial charge in [-0.25, -0.2) is 4.39 Å². The number of hydrogen-bond donors (Lipinski definition) is 1. The van der Waals surface area contributed by atoms with Gasteiger partial charge in [-0.05, 0) is 42.2 Å². The molecule has 0 aliphatic heterocycles. The van der Waals surface area contributed by atoms with E-state index in [0.717, 1.165) is 10.5 Å². The minimum atomic E-state index is -0.430. The molecule has 0 saturated carbocycles. The summed E-state index contributed by atoms with van der Waals surface area (Å²) in [6.45, 7) is 0. The molecule has 4 rings (SSSR count). The fourth-order valence-electron chi connectivity index (χ4n) is 2.79. The largest absolute Gasteiger partial charge is 0.454 e. The van der Waals surface area contributed by atoms with Crippen LogP contribution in [0.4, 0.5) is 4.39 Å². The molecule has 0 aliphatic carbocycles. The molecule has 2 aromatic heterocycles. The number of benzene rings is 2. The maximum absolute atomic E-state index is 13.6. The molecule has 0 unspecified atom stereocenters. The Labute approximate surface area is 145 Å². The molecule has 0 atom stereocenters. The molecule has 0 bridgehead atoms. The predicted octanol–water partition coefficient (Wildman–Crippen LogP) is 5.46. The Hall–Kier alpha value is -2.24. The van der Waals surface area contributed by atoms with Crippen molar-refractivity contribution in [1.82, 2.24) is 4.98 Å². The van der Waals surface area contributed by atoms with E-state index in [2.05, 4.69) is 4.98 Å². The maximum Gasteiger partial charge on any atom is 0.268 e. The van der Waals surface area contributed by atoms with Crippen molar-refractivity contribution in [3.8, 4) is 11.1 Å². The van der Waals surface area contributed by atoms with Gasteiger partial charge in [-0.2, -0.15) is 0 Å². The lowest BCUT2D eigenvalue weighted by Gasteiger charge is -2.06. The molecule has 120 valence electrons. The van der Waals surface area contributed by atoms with Crippen molar-refractivity contribution in [3.05, 3.63) is 63.7 Å². The number of rotatable bonds is 2. The van der Waals surface area contributed by atoms with Crippen LogP contribution in [-0.2, 0) is 0 Å². The molecule has 0 saturated heterocycles. The van der Waals surface area contributed by atoms with Gasteiger partial charge in [0.1, 0.15) is 16.4 Å². The number of pyridine rings is 1. The first-order valence-corrected chi connectivity index (χ1v) is 8.76. The second-order valence-electron chi connectivity index (χ2n) is 5.32. The molecule has 2 heterocycles. The summed E-state index contributed by atoms with van der Waals surface area (Å²) in [5.74, 6) is -0.396. The zero-order chi connectivity index (χ0) is 16.8. The monoisotopic (exact) mass is 359 g/mol. The number of hydrogen-bond acceptors (Lipinski definition) is 3. The number of nitrogens with one attached hydrogen (secondary N) is 1. The molecule has 0 radical (unpaired) electrons. The van der Waals surface area contributed by atoms with Gasteiger partial charge in [0, 0.05) is 10.3 Å². The first-order valence-electron chi connectivity index (χ1n) is 7.16. The average molecular weight is 360 g/mol. The molecular formula is C18H11ClFNO2S. The van der Waals surface area contributed by atoms with E-state index < -0.39 is 11.4 Å². The third kappa shape index (κ3) is 2.32. The quantitative estimate of drug-likeness (QED) is 0.484. The molecule has 3 nitrogen and oxygen atoms in total. The highest BCUT2D eigenvalue weighted by atomic mass is 35.5. The third-order valence-corrected chi connectivity index (χ3v) is 4.98. The summed E-state index contributed by atoms with van der Waals surface area (Å²) in [5, 5.41) is 0.571. The summed E-state index contributed by atoms with van der Waals surface area (Å²) < 4.78 is 19.5. The number of H-pyrrole nitrogens is 1. The van der Waals surface area contributed by atoms with Crippen LogP contribution in [0.3, 0.4) is 0 Å². The minimum Gasteiger partial charge on any atom is -0.454 e. The summed E-state index contributed by atoms with van der Waals surface area (Å²) in [6.07, 6.45) is 1.97. The number of halogens is 2. The van der Waals surface area contributed by atoms with E-state index in [9.17, 15) is 9.18 Å². The van der Waals surface area contributed by atoms with Crippen molar-refractivity contribution in [1.29, 1.82) is 0 Å². The van der Waals surface area contributed by atoms with Crippen molar-refractivity contribution >= 4 is 45.4 Å². The fourth-order valence-corrected chi connectivity index (χ4v) is 3.49. The Kier molecular flexibility index (Phi) is 3.62. The number of aromatic nitrogens is 1. The van der Waals surface area contributed by atoms with E-state index in [-0.39, 0.29) is 5.02 Å². The first kappa shape index (κ1) is 15.3. The van der Waals surface area contributed by atoms with Crippen LogP contribution in [0.25, 0.3) is 33.2 Å². The maximum atomic E-state index is 13.6. The van der Waals surface area contributed by atoms with Crippen LogP contribution in [0, 0.1) is 5.82 Å². The summed E-state index contributed by atoms with van der Waals surface area (Å²) in [6, 6.07) is 11.9. The molecule has 0 aliphatic rings. The van der Waals surface area contributed by atoms with Gasteiger partial charge in [-0.1, -0.05) is 23.7 Å². The van der Waals surface area contributed by atoms with Gasteiger partial charge in [0.15, 0.2) is 5.58 Å². The number of fused-ring (bicyclic) bond motifs is 3. The second kappa shape index (κ2) is 5.69. The zero-order valence-electron chi connectivity index (χ0n) is 12.5. The SMILES string of the molecule is CSc1cccc(-c2c(Cl)c(=O)[nH]c3c2oc2ccc(F)cc23)c1. The Morgan fingerprint density at radius 3 is 2.83 bits per heavy atom. The van der Waals surface area contributed by atoms with Crippen LogP contribution in [0.5, 0.6) is 0 Å². The Balaban J connectivity index is 2.15. The molecule has 0 amide bonds. The molecule has 0 spiro atoms. The topological polar surface area (TPSA) is 46.0 Å². The molecule has 6 heteroatoms. The van der Waals surface area contributed by atoms with Crippen molar-refractivity contribution in [2.45, 2.75) is 4.90 Å². The standard InChI is InChI=1S/C18H11ClFNO2S/c1-24-11-4-2-3-9(7-11)14-15(19)18(22)21-16-12-8-10(20)5-6-13(12)23-17(14)16/h2-8H,1H3,(H,21,22). The summed E-state index contributed by atoms with van der Waals surface area (Å²) >= 11 is 7.87. The highest BCUT2D eigenvalue weighted by molar-refractivity contribution is 7.98. The molecular weight excluding hydrogens is 349 g/mol. The van der Waals surface area contributed by atoms with Gasteiger partial charge >= 0.3 is 0 Å². The van der Waals surface area contributed by atoms with E-state index in [1.807, 2.05) is 30.5 Å². The lowest BCUT2D eigenvalue weighted by atomic mass is 10.1. The van der Waals surface area contributed by atoms with Crippen molar-refractivity contribution in [2.75, 3.05) is 6.26 Å². The van der Waals surface area contributed by atoms with E-state index in [1.54, 1.807) is 17.8 Å². The lowest BCUT2D eigenvalue weighted by molar-refractivity contribution is 0.626. The zero-order valence-corrected chi connectivity index (χ0v) is 14.1. The van der Waals surface area contributed by atoms with Gasteiger partial charge in [-0.3, -0.25) is 4.79 Å². The van der Waals surface area contributed by atoms with Crippen LogP contribution < -0.4 is 5.56 Å². The molecule has 1 N–H and O–H groups in total. The highest BCUT2D eigenvalue weighted by Crippen LogP contribution is 2.38. The first-order chi connectivity index (χ1) is 11.6.